The van der Waals surface area contributed by atoms with Crippen LogP contribution in [0.1, 0.15) is 12.8 Å². The molecule has 19 heavy (non-hydrogen) atoms. The third-order valence-electron chi connectivity index (χ3n) is 3.25. The highest BCUT2D eigenvalue weighted by atomic mass is 32.2. The summed E-state index contributed by atoms with van der Waals surface area (Å²) in [5.74, 6) is 0. The molecule has 0 spiro atoms. The molecule has 1 aliphatic heterocycles. The molecule has 1 aromatic heterocycles. The first-order valence-electron chi connectivity index (χ1n) is 6.24. The van der Waals surface area contributed by atoms with Gasteiger partial charge in [0.2, 0.25) is 10.0 Å². The molecule has 2 heterocycles. The number of aliphatic hydroxyl groups excluding tert-OH is 1. The normalized spacial score (nSPS) is 21.7. The van der Waals surface area contributed by atoms with Crippen LogP contribution in [0.15, 0.2) is 17.3 Å². The predicted molar refractivity (Wildman–Crippen MR) is 68.1 cm³/mol. The lowest BCUT2D eigenvalue weighted by Crippen LogP contribution is -2.42. The van der Waals surface area contributed by atoms with E-state index in [0.717, 1.165) is 12.8 Å². The average Bonchev–Trinajstić information content (AvgIpc) is 2.88. The lowest BCUT2D eigenvalue weighted by atomic mass is 10.1. The molecular formula is C11H19N3O4S. The van der Waals surface area contributed by atoms with Gasteiger partial charge >= 0.3 is 0 Å². The van der Waals surface area contributed by atoms with Gasteiger partial charge in [0.15, 0.2) is 0 Å². The smallest absolute Gasteiger partial charge is 0.246 e. The Morgan fingerprint density at radius 3 is 3.05 bits per heavy atom. The molecule has 0 aliphatic carbocycles. The van der Waals surface area contributed by atoms with Crippen LogP contribution in [0.5, 0.6) is 0 Å². The van der Waals surface area contributed by atoms with Crippen LogP contribution in [0, 0.1) is 0 Å². The summed E-state index contributed by atoms with van der Waals surface area (Å²) in [6.45, 7) is 1.10. The van der Waals surface area contributed by atoms with Crippen LogP contribution in [-0.4, -0.2) is 60.5 Å². The van der Waals surface area contributed by atoms with Crippen molar-refractivity contribution in [3.8, 4) is 0 Å². The van der Waals surface area contributed by atoms with Crippen molar-refractivity contribution < 1.29 is 18.3 Å². The van der Waals surface area contributed by atoms with Gasteiger partial charge in [-0.3, -0.25) is 4.68 Å². The number of hydrogen-bond donors (Lipinski definition) is 1. The number of sulfonamides is 1. The van der Waals surface area contributed by atoms with Crippen LogP contribution in [-0.2, 0) is 21.3 Å². The molecule has 0 radical (unpaired) electrons. The van der Waals surface area contributed by atoms with Crippen molar-refractivity contribution in [3.05, 3.63) is 12.4 Å². The van der Waals surface area contributed by atoms with Crippen LogP contribution in [0.4, 0.5) is 0 Å². The Morgan fingerprint density at radius 1 is 1.58 bits per heavy atom. The summed E-state index contributed by atoms with van der Waals surface area (Å²) in [6.07, 6.45) is 4.40. The summed E-state index contributed by atoms with van der Waals surface area (Å²) in [7, 11) is -1.92. The number of rotatable bonds is 5. The van der Waals surface area contributed by atoms with Crippen molar-refractivity contribution in [2.45, 2.75) is 30.4 Å². The monoisotopic (exact) mass is 289 g/mol. The molecule has 0 saturated carbocycles. The minimum atomic E-state index is -3.51. The van der Waals surface area contributed by atoms with Crippen molar-refractivity contribution in [2.24, 2.45) is 0 Å². The van der Waals surface area contributed by atoms with E-state index in [4.69, 9.17) is 9.84 Å². The molecular weight excluding hydrogens is 270 g/mol. The fourth-order valence-electron chi connectivity index (χ4n) is 2.17. The largest absolute Gasteiger partial charge is 0.394 e. The van der Waals surface area contributed by atoms with E-state index in [1.807, 2.05) is 0 Å². The number of piperidine rings is 1. The predicted octanol–water partition coefficient (Wildman–Crippen LogP) is -0.325. The molecule has 0 amide bonds. The van der Waals surface area contributed by atoms with Gasteiger partial charge in [-0.1, -0.05) is 0 Å². The van der Waals surface area contributed by atoms with E-state index in [2.05, 4.69) is 5.10 Å². The Hall–Kier alpha value is -0.960. The van der Waals surface area contributed by atoms with Gasteiger partial charge in [-0.2, -0.15) is 9.40 Å². The lowest BCUT2D eigenvalue weighted by molar-refractivity contribution is 0.0572. The Labute approximate surface area is 112 Å². The van der Waals surface area contributed by atoms with E-state index in [1.165, 1.54) is 21.4 Å². The second kappa shape index (κ2) is 6.00. The minimum absolute atomic E-state index is 0.0454. The number of ether oxygens (including phenoxy) is 1. The molecule has 7 nitrogen and oxygen atoms in total. The van der Waals surface area contributed by atoms with Crippen LogP contribution in [0.25, 0.3) is 0 Å². The molecule has 2 rings (SSSR count). The van der Waals surface area contributed by atoms with E-state index in [1.54, 1.807) is 7.11 Å². The summed E-state index contributed by atoms with van der Waals surface area (Å²) in [5, 5.41) is 12.7. The zero-order chi connectivity index (χ0) is 13.9. The Bertz CT molecular complexity index is 514. The van der Waals surface area contributed by atoms with Gasteiger partial charge in [0.1, 0.15) is 4.90 Å². The van der Waals surface area contributed by atoms with Crippen molar-refractivity contribution in [2.75, 3.05) is 26.8 Å². The molecule has 0 aromatic carbocycles. The second-order valence-electron chi connectivity index (χ2n) is 4.53. The van der Waals surface area contributed by atoms with Crippen LogP contribution >= 0.6 is 0 Å². The first-order chi connectivity index (χ1) is 9.07. The topological polar surface area (TPSA) is 84.7 Å². The van der Waals surface area contributed by atoms with Gasteiger partial charge in [0, 0.05) is 26.4 Å². The highest BCUT2D eigenvalue weighted by Gasteiger charge is 2.31. The van der Waals surface area contributed by atoms with E-state index >= 15 is 0 Å². The summed E-state index contributed by atoms with van der Waals surface area (Å²) < 4.78 is 32.9. The zero-order valence-corrected chi connectivity index (χ0v) is 11.7. The molecule has 1 unspecified atom stereocenters. The Morgan fingerprint density at radius 2 is 2.37 bits per heavy atom. The number of aliphatic hydroxyl groups is 1. The molecule has 1 saturated heterocycles. The lowest BCUT2D eigenvalue weighted by Gasteiger charge is -2.30. The van der Waals surface area contributed by atoms with Crippen molar-refractivity contribution in [1.82, 2.24) is 14.1 Å². The van der Waals surface area contributed by atoms with Crippen molar-refractivity contribution in [1.29, 1.82) is 0 Å². The summed E-state index contributed by atoms with van der Waals surface area (Å²) in [4.78, 5) is 0.165. The molecule has 8 heteroatoms. The van der Waals surface area contributed by atoms with Crippen LogP contribution < -0.4 is 0 Å². The van der Waals surface area contributed by atoms with Gasteiger partial charge < -0.3 is 9.84 Å². The standard InChI is InChI=1S/C11H19N3O4S/c1-18-10-3-2-4-14(8-10)19(16,17)11-7-12-13(9-11)5-6-15/h7,9-10,15H,2-6,8H2,1H3. The highest BCUT2D eigenvalue weighted by molar-refractivity contribution is 7.89. The number of nitrogens with zero attached hydrogens (tertiary/aromatic N) is 3. The van der Waals surface area contributed by atoms with Gasteiger partial charge in [0.25, 0.3) is 0 Å². The third-order valence-corrected chi connectivity index (χ3v) is 5.07. The van der Waals surface area contributed by atoms with Crippen molar-refractivity contribution >= 4 is 10.0 Å². The molecule has 1 N–H and O–H groups in total. The SMILES string of the molecule is COC1CCCN(S(=O)(=O)c2cnn(CCO)c2)C1. The van der Waals surface area contributed by atoms with Gasteiger partial charge in [0.05, 0.1) is 25.5 Å². The minimum Gasteiger partial charge on any atom is -0.394 e. The Kier molecular flexibility index (Phi) is 4.56. The molecule has 108 valence electrons. The fraction of sp³-hybridized carbons (Fsp3) is 0.727. The summed E-state index contributed by atoms with van der Waals surface area (Å²) >= 11 is 0. The third kappa shape index (κ3) is 3.14. The highest BCUT2D eigenvalue weighted by Crippen LogP contribution is 2.21. The first-order valence-corrected chi connectivity index (χ1v) is 7.68. The second-order valence-corrected chi connectivity index (χ2v) is 6.46. The quantitative estimate of drug-likeness (QED) is 0.802. The summed E-state index contributed by atoms with van der Waals surface area (Å²) in [6, 6.07) is 0. The molecule has 1 fully saturated rings. The number of aromatic nitrogens is 2. The van der Waals surface area contributed by atoms with Gasteiger partial charge in [-0.05, 0) is 12.8 Å². The van der Waals surface area contributed by atoms with E-state index in [9.17, 15) is 8.42 Å². The van der Waals surface area contributed by atoms with E-state index < -0.39 is 10.0 Å². The first kappa shape index (κ1) is 14.4. The fourth-order valence-corrected chi connectivity index (χ4v) is 3.63. The molecule has 1 aliphatic rings. The zero-order valence-electron chi connectivity index (χ0n) is 10.9. The maximum atomic E-state index is 12.4. The van der Waals surface area contributed by atoms with Crippen LogP contribution in [0.2, 0.25) is 0 Å². The molecule has 0 bridgehead atoms. The maximum Gasteiger partial charge on any atom is 0.246 e. The maximum absolute atomic E-state index is 12.4. The van der Waals surface area contributed by atoms with Crippen molar-refractivity contribution in [3.63, 3.8) is 0 Å². The van der Waals surface area contributed by atoms with Gasteiger partial charge in [-0.15, -0.1) is 0 Å². The Balaban J connectivity index is 2.16. The molecule has 1 atom stereocenters. The van der Waals surface area contributed by atoms with E-state index in [-0.39, 0.29) is 24.2 Å². The molecule has 1 aromatic rings. The average molecular weight is 289 g/mol. The van der Waals surface area contributed by atoms with Crippen LogP contribution in [0.3, 0.4) is 0 Å². The summed E-state index contributed by atoms with van der Waals surface area (Å²) in [5.41, 5.74) is 0. The van der Waals surface area contributed by atoms with Gasteiger partial charge in [-0.25, -0.2) is 8.42 Å². The number of methoxy groups -OCH3 is 1. The number of hydrogen-bond acceptors (Lipinski definition) is 5. The van der Waals surface area contributed by atoms with E-state index in [0.29, 0.717) is 13.1 Å².